The van der Waals surface area contributed by atoms with Gasteiger partial charge < -0.3 is 4.90 Å². The van der Waals surface area contributed by atoms with Gasteiger partial charge in [0.05, 0.1) is 12.5 Å². The molecule has 0 aromatic heterocycles. The van der Waals surface area contributed by atoms with Gasteiger partial charge in [-0.25, -0.2) is 0 Å². The van der Waals surface area contributed by atoms with Gasteiger partial charge in [0, 0.05) is 6.04 Å². The Bertz CT molecular complexity index is 225. The lowest BCUT2D eigenvalue weighted by atomic mass is 9.95. The van der Waals surface area contributed by atoms with Gasteiger partial charge in [0.15, 0.2) is 0 Å². The summed E-state index contributed by atoms with van der Waals surface area (Å²) < 4.78 is 0. The van der Waals surface area contributed by atoms with Crippen LogP contribution in [0, 0.1) is 17.2 Å². The molecule has 0 aromatic rings. The summed E-state index contributed by atoms with van der Waals surface area (Å²) in [6, 6.07) is 2.55. The Kier molecular flexibility index (Phi) is 4.25. The number of nitrogens with zero attached hydrogens (tertiary/aromatic N) is 2. The molecule has 0 radical (unpaired) electrons. The molecule has 0 aliphatic heterocycles. The highest BCUT2D eigenvalue weighted by Gasteiger charge is 2.27. The fourth-order valence-corrected chi connectivity index (χ4v) is 2.30. The molecule has 1 aliphatic carbocycles. The molecule has 0 heterocycles. The molecule has 1 rings (SSSR count). The quantitative estimate of drug-likeness (QED) is 0.666. The largest absolute Gasteiger partial charge is 0.351 e. The normalized spacial score (nSPS) is 18.5. The first-order valence-electron chi connectivity index (χ1n) is 5.23. The van der Waals surface area contributed by atoms with E-state index in [1.165, 1.54) is 25.7 Å². The van der Waals surface area contributed by atoms with Gasteiger partial charge in [-0.3, -0.25) is 0 Å². The zero-order valence-corrected chi connectivity index (χ0v) is 8.65. The Morgan fingerprint density at radius 3 is 2.36 bits per heavy atom. The van der Waals surface area contributed by atoms with E-state index in [0.717, 1.165) is 0 Å². The second-order valence-electron chi connectivity index (χ2n) is 3.79. The third kappa shape index (κ3) is 2.38. The molecule has 76 valence electrons. The first-order chi connectivity index (χ1) is 6.83. The Hall–Kier alpha value is -1.23. The van der Waals surface area contributed by atoms with Gasteiger partial charge in [-0.15, -0.1) is 0 Å². The molecule has 0 saturated heterocycles. The van der Waals surface area contributed by atoms with Crippen LogP contribution in [0.25, 0.3) is 0 Å². The van der Waals surface area contributed by atoms with E-state index in [1.54, 1.807) is 12.4 Å². The molecule has 2 heteroatoms. The van der Waals surface area contributed by atoms with Gasteiger partial charge in [-0.05, 0) is 31.2 Å². The van der Waals surface area contributed by atoms with E-state index in [9.17, 15) is 0 Å². The van der Waals surface area contributed by atoms with Crippen LogP contribution in [-0.4, -0.2) is 10.9 Å². The van der Waals surface area contributed by atoms with Crippen molar-refractivity contribution >= 4 is 0 Å². The molecule has 0 bridgehead atoms. The number of hydrogen-bond acceptors (Lipinski definition) is 2. The van der Waals surface area contributed by atoms with Crippen LogP contribution in [0.2, 0.25) is 0 Å². The molecule has 1 saturated carbocycles. The van der Waals surface area contributed by atoms with Crippen LogP contribution in [0.4, 0.5) is 0 Å². The van der Waals surface area contributed by atoms with Crippen LogP contribution in [0.1, 0.15) is 32.1 Å². The van der Waals surface area contributed by atoms with Gasteiger partial charge in [0.1, 0.15) is 0 Å². The van der Waals surface area contributed by atoms with E-state index in [-0.39, 0.29) is 6.04 Å². The van der Waals surface area contributed by atoms with Gasteiger partial charge >= 0.3 is 0 Å². The van der Waals surface area contributed by atoms with E-state index >= 15 is 0 Å². The lowest BCUT2D eigenvalue weighted by Gasteiger charge is -2.30. The molecule has 1 fully saturated rings. The van der Waals surface area contributed by atoms with Crippen molar-refractivity contribution in [1.29, 1.82) is 5.26 Å². The molecule has 14 heavy (non-hydrogen) atoms. The SMILES string of the molecule is C=CN(C=C)[C@H](CC#N)C1CCCC1. The minimum atomic E-state index is 0.289. The van der Waals surface area contributed by atoms with Crippen molar-refractivity contribution in [2.24, 2.45) is 5.92 Å². The molecule has 0 aromatic carbocycles. The molecular formula is C12H18N2. The van der Waals surface area contributed by atoms with Gasteiger partial charge in [-0.1, -0.05) is 26.0 Å². The van der Waals surface area contributed by atoms with Crippen LogP contribution in [-0.2, 0) is 0 Å². The minimum Gasteiger partial charge on any atom is -0.351 e. The molecule has 1 aliphatic rings. The Balaban J connectivity index is 2.65. The molecule has 0 N–H and O–H groups in total. The predicted molar refractivity (Wildman–Crippen MR) is 58.2 cm³/mol. The summed E-state index contributed by atoms with van der Waals surface area (Å²) in [4.78, 5) is 1.99. The smallest absolute Gasteiger partial charge is 0.0643 e. The van der Waals surface area contributed by atoms with Gasteiger partial charge in [0.2, 0.25) is 0 Å². The summed E-state index contributed by atoms with van der Waals surface area (Å²) in [6.07, 6.45) is 9.20. The predicted octanol–water partition coefficient (Wildman–Crippen LogP) is 3.05. The standard InChI is InChI=1S/C12H18N2/c1-3-14(4-2)12(9-10-13)11-7-5-6-8-11/h3-4,11-12H,1-2,5-9H2/t12-/m1/s1. The van der Waals surface area contributed by atoms with Crippen molar-refractivity contribution in [3.8, 4) is 6.07 Å². The third-order valence-electron chi connectivity index (χ3n) is 3.05. The second-order valence-corrected chi connectivity index (χ2v) is 3.79. The van der Waals surface area contributed by atoms with E-state index in [4.69, 9.17) is 5.26 Å². The maximum Gasteiger partial charge on any atom is 0.0643 e. The minimum absolute atomic E-state index is 0.289. The van der Waals surface area contributed by atoms with E-state index in [2.05, 4.69) is 19.2 Å². The van der Waals surface area contributed by atoms with E-state index in [1.807, 2.05) is 4.90 Å². The van der Waals surface area contributed by atoms with Crippen molar-refractivity contribution in [1.82, 2.24) is 4.90 Å². The van der Waals surface area contributed by atoms with Gasteiger partial charge in [-0.2, -0.15) is 5.26 Å². The van der Waals surface area contributed by atoms with Crippen LogP contribution >= 0.6 is 0 Å². The van der Waals surface area contributed by atoms with Crippen LogP contribution < -0.4 is 0 Å². The lowest BCUT2D eigenvalue weighted by molar-refractivity contribution is 0.264. The third-order valence-corrected chi connectivity index (χ3v) is 3.05. The fraction of sp³-hybridized carbons (Fsp3) is 0.583. The Morgan fingerprint density at radius 1 is 1.36 bits per heavy atom. The molecule has 0 amide bonds. The van der Waals surface area contributed by atoms with Crippen LogP contribution in [0.5, 0.6) is 0 Å². The average Bonchev–Trinajstić information content (AvgIpc) is 2.71. The summed E-state index contributed by atoms with van der Waals surface area (Å²) >= 11 is 0. The van der Waals surface area contributed by atoms with Crippen molar-refractivity contribution in [2.45, 2.75) is 38.1 Å². The zero-order chi connectivity index (χ0) is 10.4. The second kappa shape index (κ2) is 5.49. The highest BCUT2D eigenvalue weighted by atomic mass is 15.1. The lowest BCUT2D eigenvalue weighted by Crippen LogP contribution is -2.32. The zero-order valence-electron chi connectivity index (χ0n) is 8.65. The van der Waals surface area contributed by atoms with Gasteiger partial charge in [0.25, 0.3) is 0 Å². The molecule has 2 nitrogen and oxygen atoms in total. The van der Waals surface area contributed by atoms with Crippen molar-refractivity contribution < 1.29 is 0 Å². The summed E-state index contributed by atoms with van der Waals surface area (Å²) in [5.41, 5.74) is 0. The van der Waals surface area contributed by atoms with E-state index < -0.39 is 0 Å². The Labute approximate surface area is 86.5 Å². The maximum absolute atomic E-state index is 8.79. The number of hydrogen-bond donors (Lipinski definition) is 0. The van der Waals surface area contributed by atoms with Crippen molar-refractivity contribution in [3.05, 3.63) is 25.6 Å². The monoisotopic (exact) mass is 190 g/mol. The fourth-order valence-electron chi connectivity index (χ4n) is 2.30. The van der Waals surface area contributed by atoms with Crippen molar-refractivity contribution in [2.75, 3.05) is 0 Å². The summed E-state index contributed by atoms with van der Waals surface area (Å²) in [7, 11) is 0. The molecular weight excluding hydrogens is 172 g/mol. The molecule has 0 spiro atoms. The summed E-state index contributed by atoms with van der Waals surface area (Å²) in [6.45, 7) is 7.50. The molecule has 0 unspecified atom stereocenters. The van der Waals surface area contributed by atoms with Crippen molar-refractivity contribution in [3.63, 3.8) is 0 Å². The first-order valence-corrected chi connectivity index (χ1v) is 5.23. The number of nitriles is 1. The first kappa shape index (κ1) is 10.8. The van der Waals surface area contributed by atoms with Crippen LogP contribution in [0.15, 0.2) is 25.6 Å². The highest BCUT2D eigenvalue weighted by molar-refractivity contribution is 4.96. The maximum atomic E-state index is 8.79. The topological polar surface area (TPSA) is 27.0 Å². The highest BCUT2D eigenvalue weighted by Crippen LogP contribution is 2.31. The van der Waals surface area contributed by atoms with E-state index in [0.29, 0.717) is 12.3 Å². The average molecular weight is 190 g/mol. The van der Waals surface area contributed by atoms with Crippen LogP contribution in [0.3, 0.4) is 0 Å². The number of rotatable bonds is 5. The summed E-state index contributed by atoms with van der Waals surface area (Å²) in [5, 5.41) is 8.79. The Morgan fingerprint density at radius 2 is 1.93 bits per heavy atom. The molecule has 1 atom stereocenters. The summed E-state index contributed by atoms with van der Waals surface area (Å²) in [5.74, 6) is 0.644.